The minimum Gasteiger partial charge on any atom is -0.482 e. The molecule has 4 rings (SSSR count). The van der Waals surface area contributed by atoms with E-state index in [4.69, 9.17) is 22.8 Å². The summed E-state index contributed by atoms with van der Waals surface area (Å²) in [7, 11) is -3.52. The predicted octanol–water partition coefficient (Wildman–Crippen LogP) is 6.31. The summed E-state index contributed by atoms with van der Waals surface area (Å²) < 4.78 is 32.4. The van der Waals surface area contributed by atoms with Gasteiger partial charge in [-0.1, -0.05) is 68.4 Å². The van der Waals surface area contributed by atoms with Gasteiger partial charge in [0.15, 0.2) is 5.73 Å². The number of hydrogen-bond acceptors (Lipinski definition) is 5. The molecule has 1 aliphatic heterocycles. The Labute approximate surface area is 204 Å². The molecule has 5 nitrogen and oxygen atoms in total. The second-order valence-electron chi connectivity index (χ2n) is 8.45. The van der Waals surface area contributed by atoms with Crippen molar-refractivity contribution in [1.82, 2.24) is 0 Å². The molecule has 1 aliphatic rings. The molecule has 6 heteroatoms. The van der Waals surface area contributed by atoms with E-state index < -0.39 is 8.80 Å². The summed E-state index contributed by atoms with van der Waals surface area (Å²) >= 11 is 0. The van der Waals surface area contributed by atoms with E-state index in [0.717, 1.165) is 19.4 Å². The number of para-hydroxylation sites is 3. The maximum Gasteiger partial charge on any atom is 0.730 e. The number of benzene rings is 3. The summed E-state index contributed by atoms with van der Waals surface area (Å²) in [5, 5.41) is 0. The minimum atomic E-state index is -3.52. The summed E-state index contributed by atoms with van der Waals surface area (Å²) in [5.41, 5.74) is -0.373. The van der Waals surface area contributed by atoms with Gasteiger partial charge >= 0.3 is 8.80 Å². The van der Waals surface area contributed by atoms with Gasteiger partial charge in [-0.3, -0.25) is 0 Å². The van der Waals surface area contributed by atoms with Gasteiger partial charge in [0.2, 0.25) is 0 Å². The zero-order valence-electron chi connectivity index (χ0n) is 20.0. The van der Waals surface area contributed by atoms with Crippen molar-refractivity contribution in [2.24, 2.45) is 5.92 Å². The molecule has 0 spiro atoms. The molecule has 3 atom stereocenters. The molecular weight excluding hydrogens is 444 g/mol. The highest BCUT2D eigenvalue weighted by Gasteiger charge is 2.58. The molecule has 0 aliphatic carbocycles. The molecule has 0 N–H and O–H groups in total. The van der Waals surface area contributed by atoms with Gasteiger partial charge < -0.3 is 22.8 Å². The topological polar surface area (TPSA) is 46.2 Å². The zero-order valence-corrected chi connectivity index (χ0v) is 21.0. The molecule has 3 aromatic rings. The second-order valence-corrected chi connectivity index (χ2v) is 10.9. The first-order chi connectivity index (χ1) is 16.7. The fraction of sp³-hybridized carbons (Fsp3) is 0.357. The van der Waals surface area contributed by atoms with Crippen LogP contribution in [0.15, 0.2) is 91.0 Å². The summed E-state index contributed by atoms with van der Waals surface area (Å²) in [5.74, 6) is 2.41. The van der Waals surface area contributed by atoms with Crippen molar-refractivity contribution in [2.75, 3.05) is 13.2 Å². The third kappa shape index (κ3) is 6.20. The van der Waals surface area contributed by atoms with E-state index in [-0.39, 0.29) is 11.8 Å². The average Bonchev–Trinajstić information content (AvgIpc) is 2.84. The Balaban J connectivity index is 1.68. The van der Waals surface area contributed by atoms with E-state index in [9.17, 15) is 0 Å². The van der Waals surface area contributed by atoms with Gasteiger partial charge in [0.05, 0.1) is 12.7 Å². The average molecular weight is 479 g/mol. The van der Waals surface area contributed by atoms with Crippen LogP contribution in [0.3, 0.4) is 0 Å². The maximum atomic E-state index is 6.67. The highest BCUT2D eigenvalue weighted by molar-refractivity contribution is 6.64. The van der Waals surface area contributed by atoms with Gasteiger partial charge in [-0.15, -0.1) is 0 Å². The first-order valence-electron chi connectivity index (χ1n) is 12.2. The lowest BCUT2D eigenvalue weighted by Gasteiger charge is -2.37. The molecule has 180 valence electrons. The molecular formula is C28H34O5Si. The largest absolute Gasteiger partial charge is 0.730 e. The Hall–Kier alpha value is -2.80. The Morgan fingerprint density at radius 3 is 1.50 bits per heavy atom. The van der Waals surface area contributed by atoms with E-state index in [0.29, 0.717) is 36.2 Å². The van der Waals surface area contributed by atoms with E-state index in [1.54, 1.807) is 0 Å². The Bertz CT molecular complexity index is 864. The van der Waals surface area contributed by atoms with E-state index in [1.165, 1.54) is 0 Å². The molecule has 34 heavy (non-hydrogen) atoms. The molecule has 0 radical (unpaired) electrons. The van der Waals surface area contributed by atoms with Crippen molar-refractivity contribution in [2.45, 2.75) is 44.9 Å². The molecule has 0 aromatic heterocycles. The normalized spacial score (nSPS) is 17.3. The van der Waals surface area contributed by atoms with Crippen LogP contribution in [-0.2, 0) is 9.47 Å². The standard InChI is InChI=1S/C28H34O5Si/c1-3-23(27-20-21-29-27)22-30-28(4-2)34(31-24-14-8-5-9-15-24,32-25-16-10-6-11-17-25)33-26-18-12-7-13-19-26/h5-19,23,27-28H,3-4,20-22H2,1-2H3. The maximum absolute atomic E-state index is 6.67. The van der Waals surface area contributed by atoms with Crippen LogP contribution in [0.1, 0.15) is 33.1 Å². The Kier molecular flexibility index (Phi) is 8.63. The van der Waals surface area contributed by atoms with Crippen LogP contribution >= 0.6 is 0 Å². The van der Waals surface area contributed by atoms with Crippen LogP contribution < -0.4 is 13.3 Å². The van der Waals surface area contributed by atoms with Crippen LogP contribution in [0.2, 0.25) is 0 Å². The molecule has 1 saturated heterocycles. The highest BCUT2D eigenvalue weighted by atomic mass is 28.4. The third-order valence-electron chi connectivity index (χ3n) is 6.07. The van der Waals surface area contributed by atoms with E-state index >= 15 is 0 Å². The van der Waals surface area contributed by atoms with Gasteiger partial charge in [-0.05, 0) is 55.7 Å². The number of hydrogen-bond donors (Lipinski definition) is 0. The third-order valence-corrected chi connectivity index (χ3v) is 9.00. The van der Waals surface area contributed by atoms with Crippen LogP contribution in [0.25, 0.3) is 0 Å². The predicted molar refractivity (Wildman–Crippen MR) is 135 cm³/mol. The van der Waals surface area contributed by atoms with Crippen LogP contribution in [0, 0.1) is 5.92 Å². The second kappa shape index (κ2) is 12.1. The smallest absolute Gasteiger partial charge is 0.482 e. The molecule has 1 fully saturated rings. The molecule has 1 heterocycles. The molecule has 0 amide bonds. The monoisotopic (exact) mass is 478 g/mol. The fourth-order valence-corrected chi connectivity index (χ4v) is 6.76. The SMILES string of the molecule is CCC(COC(CC)[Si](Oc1ccccc1)(Oc1ccccc1)Oc1ccccc1)C1CCO1. The Morgan fingerprint density at radius 2 is 1.18 bits per heavy atom. The lowest BCUT2D eigenvalue weighted by Crippen LogP contribution is -2.65. The Morgan fingerprint density at radius 1 is 0.735 bits per heavy atom. The first-order valence-corrected chi connectivity index (χ1v) is 14.0. The summed E-state index contributed by atoms with van der Waals surface area (Å²) in [4.78, 5) is 0. The first kappa shape index (κ1) is 24.3. The quantitative estimate of drug-likeness (QED) is 0.269. The van der Waals surface area contributed by atoms with Crippen molar-refractivity contribution in [3.63, 3.8) is 0 Å². The van der Waals surface area contributed by atoms with Crippen molar-refractivity contribution < 1.29 is 22.8 Å². The lowest BCUT2D eigenvalue weighted by molar-refractivity contribution is -0.108. The van der Waals surface area contributed by atoms with Crippen molar-refractivity contribution in [1.29, 1.82) is 0 Å². The van der Waals surface area contributed by atoms with Gasteiger partial charge in [0, 0.05) is 12.5 Å². The highest BCUT2D eigenvalue weighted by Crippen LogP contribution is 2.30. The van der Waals surface area contributed by atoms with E-state index in [1.807, 2.05) is 91.0 Å². The minimum absolute atomic E-state index is 0.263. The molecule has 3 unspecified atom stereocenters. The van der Waals surface area contributed by atoms with Crippen molar-refractivity contribution in [3.8, 4) is 17.2 Å². The molecule has 0 saturated carbocycles. The molecule has 3 aromatic carbocycles. The number of rotatable bonds is 13. The fourth-order valence-electron chi connectivity index (χ4n) is 4.04. The van der Waals surface area contributed by atoms with Gasteiger partial charge in [-0.2, -0.15) is 0 Å². The summed E-state index contributed by atoms with van der Waals surface area (Å²) in [6.45, 7) is 5.68. The van der Waals surface area contributed by atoms with E-state index in [2.05, 4.69) is 13.8 Å². The zero-order chi connectivity index (χ0) is 23.6. The molecule has 0 bridgehead atoms. The van der Waals surface area contributed by atoms with Gasteiger partial charge in [0.1, 0.15) is 17.2 Å². The number of ether oxygens (including phenoxy) is 2. The van der Waals surface area contributed by atoms with Crippen LogP contribution in [0.4, 0.5) is 0 Å². The van der Waals surface area contributed by atoms with Crippen LogP contribution in [0.5, 0.6) is 17.2 Å². The lowest BCUT2D eigenvalue weighted by atomic mass is 9.95. The van der Waals surface area contributed by atoms with Crippen molar-refractivity contribution in [3.05, 3.63) is 91.0 Å². The summed E-state index contributed by atoms with van der Waals surface area (Å²) in [6, 6.07) is 29.1. The summed E-state index contributed by atoms with van der Waals surface area (Å²) in [6.07, 6.45) is 3.02. The van der Waals surface area contributed by atoms with Gasteiger partial charge in [0.25, 0.3) is 0 Å². The van der Waals surface area contributed by atoms with Gasteiger partial charge in [-0.25, -0.2) is 0 Å². The van der Waals surface area contributed by atoms with Crippen molar-refractivity contribution >= 4 is 8.80 Å². The van der Waals surface area contributed by atoms with Crippen LogP contribution in [-0.4, -0.2) is 33.8 Å².